The van der Waals surface area contributed by atoms with Crippen molar-refractivity contribution in [2.75, 3.05) is 20.2 Å². The van der Waals surface area contributed by atoms with Gasteiger partial charge in [-0.1, -0.05) is 13.8 Å². The highest BCUT2D eigenvalue weighted by atomic mass is 16.6. The number of hydrogen-bond acceptors (Lipinski definition) is 5. The molecule has 2 fully saturated rings. The fourth-order valence-electron chi connectivity index (χ4n) is 3.63. The first-order chi connectivity index (χ1) is 11.5. The average molecular weight is 354 g/mol. The van der Waals surface area contributed by atoms with Crippen molar-refractivity contribution < 1.29 is 23.9 Å². The SMILES string of the molecule is COC(=O)[C@@H](CC(C)C)N1C[C@H]2CCN(C(=O)OC(C)(C)C)[C@H]2C1=O. The van der Waals surface area contributed by atoms with Gasteiger partial charge in [-0.15, -0.1) is 0 Å². The van der Waals surface area contributed by atoms with Crippen molar-refractivity contribution in [3.63, 3.8) is 0 Å². The van der Waals surface area contributed by atoms with Gasteiger partial charge in [-0.25, -0.2) is 9.59 Å². The molecule has 0 spiro atoms. The number of esters is 1. The van der Waals surface area contributed by atoms with Crippen LogP contribution in [0.25, 0.3) is 0 Å². The zero-order chi connectivity index (χ0) is 18.9. The third-order valence-electron chi connectivity index (χ3n) is 4.66. The van der Waals surface area contributed by atoms with E-state index in [1.54, 1.807) is 25.7 Å². The van der Waals surface area contributed by atoms with Gasteiger partial charge in [0.25, 0.3) is 0 Å². The van der Waals surface area contributed by atoms with Crippen LogP contribution in [-0.4, -0.2) is 65.7 Å². The average Bonchev–Trinajstić information content (AvgIpc) is 3.03. The van der Waals surface area contributed by atoms with Crippen molar-refractivity contribution >= 4 is 18.0 Å². The standard InChI is InChI=1S/C18H30N2O5/c1-11(2)9-13(16(22)24-6)20-10-12-7-8-19(14(12)15(20)21)17(23)25-18(3,4)5/h11-14H,7-10H2,1-6H3/t12-,13-,14-/m1/s1. The van der Waals surface area contributed by atoms with Crippen LogP contribution in [0.2, 0.25) is 0 Å². The Morgan fingerprint density at radius 1 is 1.28 bits per heavy atom. The van der Waals surface area contributed by atoms with E-state index in [9.17, 15) is 14.4 Å². The maximum Gasteiger partial charge on any atom is 0.410 e. The molecule has 0 N–H and O–H groups in total. The molecule has 2 aliphatic heterocycles. The summed E-state index contributed by atoms with van der Waals surface area (Å²) >= 11 is 0. The smallest absolute Gasteiger partial charge is 0.410 e. The lowest BCUT2D eigenvalue weighted by Crippen LogP contribution is -2.49. The maximum absolute atomic E-state index is 13.0. The highest BCUT2D eigenvalue weighted by Crippen LogP contribution is 2.35. The summed E-state index contributed by atoms with van der Waals surface area (Å²) in [5, 5.41) is 0. The Balaban J connectivity index is 2.16. The van der Waals surface area contributed by atoms with Crippen LogP contribution in [0.15, 0.2) is 0 Å². The summed E-state index contributed by atoms with van der Waals surface area (Å²) < 4.78 is 10.3. The Labute approximate surface area is 149 Å². The number of methoxy groups -OCH3 is 1. The molecule has 3 atom stereocenters. The fraction of sp³-hybridized carbons (Fsp3) is 0.833. The summed E-state index contributed by atoms with van der Waals surface area (Å²) in [6, 6.07) is -1.13. The van der Waals surface area contributed by atoms with Gasteiger partial charge in [-0.05, 0) is 39.5 Å². The minimum absolute atomic E-state index is 0.0411. The molecule has 2 aliphatic rings. The summed E-state index contributed by atoms with van der Waals surface area (Å²) in [4.78, 5) is 40.7. The molecular formula is C18H30N2O5. The van der Waals surface area contributed by atoms with Gasteiger partial charge in [0.15, 0.2) is 0 Å². The van der Waals surface area contributed by atoms with Crippen LogP contribution in [0.4, 0.5) is 4.79 Å². The Bertz CT molecular complexity index is 540. The van der Waals surface area contributed by atoms with E-state index in [2.05, 4.69) is 0 Å². The van der Waals surface area contributed by atoms with Crippen LogP contribution < -0.4 is 0 Å². The van der Waals surface area contributed by atoms with E-state index >= 15 is 0 Å². The number of nitrogens with zero attached hydrogens (tertiary/aromatic N) is 2. The Morgan fingerprint density at radius 3 is 2.44 bits per heavy atom. The van der Waals surface area contributed by atoms with E-state index in [-0.39, 0.29) is 17.7 Å². The number of carbonyl (C=O) groups is 3. The first kappa shape index (κ1) is 19.5. The first-order valence-electron chi connectivity index (χ1n) is 8.93. The van der Waals surface area contributed by atoms with Crippen molar-refractivity contribution in [3.8, 4) is 0 Å². The Kier molecular flexibility index (Phi) is 5.64. The molecule has 25 heavy (non-hydrogen) atoms. The molecule has 0 aliphatic carbocycles. The molecule has 0 unspecified atom stereocenters. The van der Waals surface area contributed by atoms with Crippen LogP contribution in [0, 0.1) is 11.8 Å². The van der Waals surface area contributed by atoms with Gasteiger partial charge in [0.05, 0.1) is 7.11 Å². The lowest BCUT2D eigenvalue weighted by atomic mass is 10.0. The minimum Gasteiger partial charge on any atom is -0.467 e. The molecule has 0 aromatic heterocycles. The van der Waals surface area contributed by atoms with E-state index in [4.69, 9.17) is 9.47 Å². The lowest BCUT2D eigenvalue weighted by molar-refractivity contribution is -0.152. The highest BCUT2D eigenvalue weighted by molar-refractivity contribution is 5.92. The van der Waals surface area contributed by atoms with Crippen LogP contribution in [0.5, 0.6) is 0 Å². The van der Waals surface area contributed by atoms with Crippen LogP contribution in [-0.2, 0) is 19.1 Å². The summed E-state index contributed by atoms with van der Waals surface area (Å²) in [5.74, 6) is -0.283. The molecule has 7 heteroatoms. The predicted octanol–water partition coefficient (Wildman–Crippen LogP) is 2.04. The number of hydrogen-bond donors (Lipinski definition) is 0. The van der Waals surface area contributed by atoms with E-state index in [0.29, 0.717) is 19.5 Å². The third-order valence-corrected chi connectivity index (χ3v) is 4.66. The van der Waals surface area contributed by atoms with Gasteiger partial charge in [-0.2, -0.15) is 0 Å². The molecule has 0 saturated carbocycles. The van der Waals surface area contributed by atoms with Crippen molar-refractivity contribution in [3.05, 3.63) is 0 Å². The van der Waals surface area contributed by atoms with Gasteiger partial charge in [0, 0.05) is 19.0 Å². The van der Waals surface area contributed by atoms with Crippen molar-refractivity contribution in [2.24, 2.45) is 11.8 Å². The Morgan fingerprint density at radius 2 is 1.92 bits per heavy atom. The van der Waals surface area contributed by atoms with Gasteiger partial charge in [0.1, 0.15) is 17.7 Å². The molecule has 0 aromatic carbocycles. The van der Waals surface area contributed by atoms with E-state index in [0.717, 1.165) is 6.42 Å². The van der Waals surface area contributed by atoms with Gasteiger partial charge < -0.3 is 14.4 Å². The molecule has 0 aromatic rings. The monoisotopic (exact) mass is 354 g/mol. The second-order valence-electron chi connectivity index (χ2n) is 8.33. The van der Waals surface area contributed by atoms with Gasteiger partial charge in [0.2, 0.25) is 5.91 Å². The zero-order valence-electron chi connectivity index (χ0n) is 16.1. The van der Waals surface area contributed by atoms with E-state index in [1.807, 2.05) is 13.8 Å². The first-order valence-corrected chi connectivity index (χ1v) is 8.93. The molecule has 0 bridgehead atoms. The lowest BCUT2D eigenvalue weighted by Gasteiger charge is -2.30. The maximum atomic E-state index is 13.0. The summed E-state index contributed by atoms with van der Waals surface area (Å²) in [6.45, 7) is 10.4. The molecule has 0 radical (unpaired) electrons. The summed E-state index contributed by atoms with van der Waals surface area (Å²) in [6.07, 6.45) is 0.820. The number of carbonyl (C=O) groups excluding carboxylic acids is 3. The molecule has 142 valence electrons. The second kappa shape index (κ2) is 7.22. The topological polar surface area (TPSA) is 76.2 Å². The summed E-state index contributed by atoms with van der Waals surface area (Å²) in [7, 11) is 1.34. The normalized spacial score (nSPS) is 24.5. The van der Waals surface area contributed by atoms with Crippen LogP contribution >= 0.6 is 0 Å². The second-order valence-corrected chi connectivity index (χ2v) is 8.33. The zero-order valence-corrected chi connectivity index (χ0v) is 16.1. The number of amides is 2. The van der Waals surface area contributed by atoms with E-state index < -0.39 is 29.7 Å². The van der Waals surface area contributed by atoms with Gasteiger partial charge >= 0.3 is 12.1 Å². The number of fused-ring (bicyclic) bond motifs is 1. The quantitative estimate of drug-likeness (QED) is 0.722. The van der Waals surface area contributed by atoms with Crippen LogP contribution in [0.3, 0.4) is 0 Å². The highest BCUT2D eigenvalue weighted by Gasteiger charge is 2.53. The molecule has 2 amide bonds. The largest absolute Gasteiger partial charge is 0.467 e. The Hall–Kier alpha value is -1.79. The molecule has 7 nitrogen and oxygen atoms in total. The number of ether oxygens (including phenoxy) is 2. The van der Waals surface area contributed by atoms with Crippen molar-refractivity contribution in [2.45, 2.75) is 65.1 Å². The fourth-order valence-corrected chi connectivity index (χ4v) is 3.63. The molecule has 2 rings (SSSR count). The van der Waals surface area contributed by atoms with E-state index in [1.165, 1.54) is 12.0 Å². The van der Waals surface area contributed by atoms with Crippen molar-refractivity contribution in [1.82, 2.24) is 9.80 Å². The predicted molar refractivity (Wildman–Crippen MR) is 91.8 cm³/mol. The molecule has 2 heterocycles. The molecular weight excluding hydrogens is 324 g/mol. The van der Waals surface area contributed by atoms with Gasteiger partial charge in [-0.3, -0.25) is 9.69 Å². The number of likely N-dealkylation sites (tertiary alicyclic amines) is 2. The number of rotatable bonds is 4. The van der Waals surface area contributed by atoms with Crippen LogP contribution in [0.1, 0.15) is 47.5 Å². The molecule has 2 saturated heterocycles. The van der Waals surface area contributed by atoms with Crippen molar-refractivity contribution in [1.29, 1.82) is 0 Å². The third kappa shape index (κ3) is 4.25. The summed E-state index contributed by atoms with van der Waals surface area (Å²) in [5.41, 5.74) is -0.608. The minimum atomic E-state index is -0.608.